The molecule has 3 heteroatoms. The normalized spacial score (nSPS) is 13.4. The van der Waals surface area contributed by atoms with Gasteiger partial charge in [-0.05, 0) is 30.5 Å². The van der Waals surface area contributed by atoms with E-state index in [0.717, 1.165) is 24.3 Å². The van der Waals surface area contributed by atoms with Crippen molar-refractivity contribution in [1.82, 2.24) is 4.90 Å². The van der Waals surface area contributed by atoms with Crippen LogP contribution in [-0.2, 0) is 6.54 Å². The first-order chi connectivity index (χ1) is 8.04. The Labute approximate surface area is 122 Å². The van der Waals surface area contributed by atoms with Crippen LogP contribution in [-0.4, -0.2) is 23.8 Å². The molecule has 0 N–H and O–H groups in total. The first-order valence-electron chi connectivity index (χ1n) is 6.02. The maximum Gasteiger partial charge on any atom is 0.0242 e. The van der Waals surface area contributed by atoms with E-state index in [0.29, 0.717) is 5.92 Å². The largest absolute Gasteiger partial charge is 0.302 e. The summed E-state index contributed by atoms with van der Waals surface area (Å²) < 4.78 is 1.20. The van der Waals surface area contributed by atoms with E-state index in [1.165, 1.54) is 10.0 Å². The molecule has 0 amide bonds. The molecule has 0 fully saturated rings. The van der Waals surface area contributed by atoms with Crippen LogP contribution in [0.3, 0.4) is 0 Å². The SMILES string of the molecule is CC(C)C(CBr)CN(C)Cc1ccccc1Br. The predicted molar refractivity (Wildman–Crippen MR) is 82.6 cm³/mol. The number of benzene rings is 1. The van der Waals surface area contributed by atoms with E-state index >= 15 is 0 Å². The minimum absolute atomic E-state index is 0.711. The van der Waals surface area contributed by atoms with Crippen molar-refractivity contribution < 1.29 is 0 Å². The molecule has 0 bridgehead atoms. The molecule has 0 aliphatic rings. The molecule has 96 valence electrons. The first-order valence-corrected chi connectivity index (χ1v) is 7.94. The van der Waals surface area contributed by atoms with Crippen molar-refractivity contribution in [2.45, 2.75) is 20.4 Å². The van der Waals surface area contributed by atoms with Gasteiger partial charge in [0.1, 0.15) is 0 Å². The standard InChI is InChI=1S/C14H21Br2N/c1-11(2)13(8-15)10-17(3)9-12-6-4-5-7-14(12)16/h4-7,11,13H,8-10H2,1-3H3. The summed E-state index contributed by atoms with van der Waals surface area (Å²) >= 11 is 7.21. The summed E-state index contributed by atoms with van der Waals surface area (Å²) in [4.78, 5) is 2.39. The molecule has 1 aromatic rings. The lowest BCUT2D eigenvalue weighted by Crippen LogP contribution is -2.29. The van der Waals surface area contributed by atoms with Gasteiger partial charge in [-0.15, -0.1) is 0 Å². The number of nitrogens with zero attached hydrogens (tertiary/aromatic N) is 1. The summed E-state index contributed by atoms with van der Waals surface area (Å²) in [6, 6.07) is 8.44. The van der Waals surface area contributed by atoms with E-state index in [9.17, 15) is 0 Å². The van der Waals surface area contributed by atoms with Crippen LogP contribution in [0.1, 0.15) is 19.4 Å². The molecule has 0 heterocycles. The summed E-state index contributed by atoms with van der Waals surface area (Å²) in [5, 5.41) is 1.07. The lowest BCUT2D eigenvalue weighted by Gasteiger charge is -2.25. The average Bonchev–Trinajstić information content (AvgIpc) is 2.28. The van der Waals surface area contributed by atoms with Gasteiger partial charge in [0.25, 0.3) is 0 Å². The van der Waals surface area contributed by atoms with Gasteiger partial charge < -0.3 is 4.90 Å². The van der Waals surface area contributed by atoms with Gasteiger partial charge in [0.05, 0.1) is 0 Å². The van der Waals surface area contributed by atoms with Gasteiger partial charge in [-0.1, -0.05) is 63.9 Å². The third kappa shape index (κ3) is 5.11. The Kier molecular flexibility index (Phi) is 6.75. The topological polar surface area (TPSA) is 3.24 Å². The summed E-state index contributed by atoms with van der Waals surface area (Å²) in [7, 11) is 2.19. The number of halogens is 2. The maximum atomic E-state index is 3.61. The Morgan fingerprint density at radius 2 is 1.88 bits per heavy atom. The maximum absolute atomic E-state index is 3.61. The van der Waals surface area contributed by atoms with Crippen LogP contribution in [0.5, 0.6) is 0 Å². The highest BCUT2D eigenvalue weighted by atomic mass is 79.9. The van der Waals surface area contributed by atoms with Crippen LogP contribution in [0, 0.1) is 11.8 Å². The van der Waals surface area contributed by atoms with Crippen LogP contribution >= 0.6 is 31.9 Å². The fourth-order valence-electron chi connectivity index (χ4n) is 1.82. The van der Waals surface area contributed by atoms with Gasteiger partial charge in [-0.3, -0.25) is 0 Å². The first kappa shape index (κ1) is 15.2. The van der Waals surface area contributed by atoms with Crippen LogP contribution in [0.4, 0.5) is 0 Å². The van der Waals surface area contributed by atoms with Crippen molar-refractivity contribution in [3.8, 4) is 0 Å². The van der Waals surface area contributed by atoms with Crippen molar-refractivity contribution in [2.24, 2.45) is 11.8 Å². The van der Waals surface area contributed by atoms with Gasteiger partial charge in [0.2, 0.25) is 0 Å². The molecule has 1 rings (SSSR count). The zero-order valence-electron chi connectivity index (χ0n) is 10.8. The molecule has 1 atom stereocenters. The van der Waals surface area contributed by atoms with Crippen LogP contribution in [0.15, 0.2) is 28.7 Å². The number of hydrogen-bond acceptors (Lipinski definition) is 1. The summed E-state index contributed by atoms with van der Waals surface area (Å²) in [6.45, 7) is 6.71. The molecule has 0 saturated heterocycles. The molecule has 0 aliphatic heterocycles. The van der Waals surface area contributed by atoms with E-state index in [2.05, 4.69) is 81.9 Å². The summed E-state index contributed by atoms with van der Waals surface area (Å²) in [5.74, 6) is 1.43. The van der Waals surface area contributed by atoms with Crippen molar-refractivity contribution in [1.29, 1.82) is 0 Å². The second-order valence-electron chi connectivity index (χ2n) is 4.95. The molecule has 1 aromatic carbocycles. The third-order valence-corrected chi connectivity index (χ3v) is 4.69. The number of hydrogen-bond donors (Lipinski definition) is 0. The lowest BCUT2D eigenvalue weighted by atomic mass is 9.97. The van der Waals surface area contributed by atoms with E-state index in [4.69, 9.17) is 0 Å². The molecular weight excluding hydrogens is 342 g/mol. The Morgan fingerprint density at radius 3 is 2.41 bits per heavy atom. The van der Waals surface area contributed by atoms with E-state index in [-0.39, 0.29) is 0 Å². The second-order valence-corrected chi connectivity index (χ2v) is 6.45. The Bertz CT molecular complexity index is 339. The van der Waals surface area contributed by atoms with Gasteiger partial charge in [0.15, 0.2) is 0 Å². The highest BCUT2D eigenvalue weighted by molar-refractivity contribution is 9.10. The Balaban J connectivity index is 2.55. The Morgan fingerprint density at radius 1 is 1.24 bits per heavy atom. The highest BCUT2D eigenvalue weighted by Crippen LogP contribution is 2.19. The Hall–Kier alpha value is 0.140. The molecule has 17 heavy (non-hydrogen) atoms. The van der Waals surface area contributed by atoms with Crippen molar-refractivity contribution in [3.63, 3.8) is 0 Å². The smallest absolute Gasteiger partial charge is 0.0242 e. The van der Waals surface area contributed by atoms with Crippen molar-refractivity contribution in [2.75, 3.05) is 18.9 Å². The van der Waals surface area contributed by atoms with Crippen LogP contribution in [0.25, 0.3) is 0 Å². The quantitative estimate of drug-likeness (QED) is 0.671. The van der Waals surface area contributed by atoms with Gasteiger partial charge in [0, 0.05) is 22.9 Å². The summed E-state index contributed by atoms with van der Waals surface area (Å²) in [5.41, 5.74) is 1.35. The van der Waals surface area contributed by atoms with Crippen LogP contribution < -0.4 is 0 Å². The fraction of sp³-hybridized carbons (Fsp3) is 0.571. The molecule has 0 saturated carbocycles. The molecule has 1 unspecified atom stereocenters. The highest BCUT2D eigenvalue weighted by Gasteiger charge is 2.14. The van der Waals surface area contributed by atoms with Crippen molar-refractivity contribution >= 4 is 31.9 Å². The second kappa shape index (κ2) is 7.55. The molecule has 0 aliphatic carbocycles. The van der Waals surface area contributed by atoms with Gasteiger partial charge >= 0.3 is 0 Å². The minimum atomic E-state index is 0.711. The molecule has 0 aromatic heterocycles. The molecule has 0 radical (unpaired) electrons. The van der Waals surface area contributed by atoms with Gasteiger partial charge in [-0.2, -0.15) is 0 Å². The van der Waals surface area contributed by atoms with Crippen molar-refractivity contribution in [3.05, 3.63) is 34.3 Å². The fourth-order valence-corrected chi connectivity index (χ4v) is 3.18. The molecular formula is C14H21Br2N. The zero-order chi connectivity index (χ0) is 12.8. The third-order valence-electron chi connectivity index (χ3n) is 3.09. The van der Waals surface area contributed by atoms with E-state index in [1.54, 1.807) is 0 Å². The van der Waals surface area contributed by atoms with Gasteiger partial charge in [-0.25, -0.2) is 0 Å². The zero-order valence-corrected chi connectivity index (χ0v) is 14.0. The number of rotatable bonds is 6. The van der Waals surface area contributed by atoms with E-state index in [1.807, 2.05) is 0 Å². The molecule has 1 nitrogen and oxygen atoms in total. The summed E-state index contributed by atoms with van der Waals surface area (Å²) in [6.07, 6.45) is 0. The van der Waals surface area contributed by atoms with E-state index < -0.39 is 0 Å². The average molecular weight is 363 g/mol. The predicted octanol–water partition coefficient (Wildman–Crippen LogP) is 4.55. The monoisotopic (exact) mass is 361 g/mol. The number of alkyl halides is 1. The molecule has 0 spiro atoms. The van der Waals surface area contributed by atoms with Crippen LogP contribution in [0.2, 0.25) is 0 Å². The lowest BCUT2D eigenvalue weighted by molar-refractivity contribution is 0.247. The minimum Gasteiger partial charge on any atom is -0.302 e.